The monoisotopic (exact) mass is 472 g/mol. The molecule has 104 valence electrons. The van der Waals surface area contributed by atoms with Gasteiger partial charge in [0, 0.05) is 20.5 Å². The zero-order chi connectivity index (χ0) is 14.7. The summed E-state index contributed by atoms with van der Waals surface area (Å²) < 4.78 is 2.31. The summed E-state index contributed by atoms with van der Waals surface area (Å²) >= 11 is 0. The van der Waals surface area contributed by atoms with Gasteiger partial charge in [0.05, 0.1) is 0 Å². The van der Waals surface area contributed by atoms with Crippen LogP contribution in [0, 0.1) is 6.42 Å². The van der Waals surface area contributed by atoms with Crippen molar-refractivity contribution in [2.75, 3.05) is 0 Å². The van der Waals surface area contributed by atoms with Crippen molar-refractivity contribution in [3.63, 3.8) is 0 Å². The molecule has 3 aliphatic rings. The molecule has 0 saturated carbocycles. The third-order valence-electron chi connectivity index (χ3n) is 2.86. The standard InChI is InChI=1S/C7H8N4O2.C7H7.Hg/c1-10-5-4(8-3-9-5)6(12)11(2)7(10)13;1-7-5-3-2-4-6-7;/h3,12H,1-2H3;3-6H,1H3;/q;;+1/p-1. The van der Waals surface area contributed by atoms with Crippen LogP contribution in [-0.2, 0) is 41.8 Å². The Balaban J connectivity index is 0.000000236. The molecule has 6 nitrogen and oxygen atoms in total. The fourth-order valence-corrected chi connectivity index (χ4v) is 1.69. The zero-order valence-electron chi connectivity index (χ0n) is 12.2. The smallest absolute Gasteiger partial charge is 0.858 e. The van der Waals surface area contributed by atoms with Gasteiger partial charge in [0.1, 0.15) is 12.0 Å². The molecule has 3 rings (SSSR count). The summed E-state index contributed by atoms with van der Waals surface area (Å²) in [6, 6.07) is 0. The van der Waals surface area contributed by atoms with Crippen LogP contribution < -0.4 is 10.8 Å². The maximum absolute atomic E-state index is 11.4. The van der Waals surface area contributed by atoms with Crippen molar-refractivity contribution < 1.29 is 32.8 Å². The molecular formula is C14H14HgN4O2. The third-order valence-corrected chi connectivity index (χ3v) is 2.86. The molecule has 0 aromatic heterocycles. The summed E-state index contributed by atoms with van der Waals surface area (Å²) in [5, 5.41) is 11.4. The van der Waals surface area contributed by atoms with Crippen molar-refractivity contribution in [3.8, 4) is 17.4 Å². The number of hydrogen-bond donors (Lipinski definition) is 0. The Hall–Kier alpha value is -1.65. The molecule has 0 fully saturated rings. The Morgan fingerprint density at radius 2 is 1.90 bits per heavy atom. The number of fused-ring (bicyclic) bond motifs is 1. The molecule has 0 N–H and O–H groups in total. The first-order valence-corrected chi connectivity index (χ1v) is 5.98. The van der Waals surface area contributed by atoms with E-state index in [1.54, 1.807) is 7.05 Å². The van der Waals surface area contributed by atoms with E-state index < -0.39 is 11.6 Å². The number of imidazole rings is 1. The summed E-state index contributed by atoms with van der Waals surface area (Å²) in [6.07, 6.45) is 9.15. The van der Waals surface area contributed by atoms with Crippen molar-refractivity contribution >= 4 is 0 Å². The molecule has 0 amide bonds. The minimum atomic E-state index is -0.407. The normalized spacial score (nSPS) is 12.4. The quantitative estimate of drug-likeness (QED) is 0.416. The average molecular weight is 471 g/mol. The van der Waals surface area contributed by atoms with Gasteiger partial charge in [0.2, 0.25) is 0 Å². The molecule has 2 radical (unpaired) electrons. The van der Waals surface area contributed by atoms with E-state index in [0.717, 1.165) is 4.57 Å². The van der Waals surface area contributed by atoms with E-state index >= 15 is 0 Å². The van der Waals surface area contributed by atoms with Gasteiger partial charge in [0.15, 0.2) is 5.82 Å². The SMILES string of the molecule is CC1=CC=C=C[CH]1.Cn1c2ncnc-2c([O-])n(C)c1=O.[Hg+]. The van der Waals surface area contributed by atoms with E-state index in [0.29, 0.717) is 5.82 Å². The Labute approximate surface area is 143 Å². The Morgan fingerprint density at radius 3 is 2.43 bits per heavy atom. The largest absolute Gasteiger partial charge is 1.00 e. The average Bonchev–Trinajstić information content (AvgIpc) is 2.94. The number of nitrogens with zero attached hydrogens (tertiary/aromatic N) is 4. The summed E-state index contributed by atoms with van der Waals surface area (Å²) in [5.41, 5.74) is 4.06. The Bertz CT molecular complexity index is 751. The zero-order valence-corrected chi connectivity index (χ0v) is 17.7. The van der Waals surface area contributed by atoms with Gasteiger partial charge in [-0.05, 0) is 25.0 Å². The predicted octanol–water partition coefficient (Wildman–Crippen LogP) is 0.552. The number of allylic oxidation sites excluding steroid dienone is 3. The van der Waals surface area contributed by atoms with Crippen LogP contribution in [0.3, 0.4) is 0 Å². The van der Waals surface area contributed by atoms with Crippen molar-refractivity contribution in [3.05, 3.63) is 52.8 Å². The molecule has 0 saturated heterocycles. The van der Waals surface area contributed by atoms with Crippen molar-refractivity contribution in [2.45, 2.75) is 6.92 Å². The van der Waals surface area contributed by atoms with Gasteiger partial charge in [-0.15, -0.1) is 5.73 Å². The second-order valence-corrected chi connectivity index (χ2v) is 4.33. The van der Waals surface area contributed by atoms with Crippen LogP contribution in [0.5, 0.6) is 5.88 Å². The van der Waals surface area contributed by atoms with Crippen LogP contribution in [0.2, 0.25) is 0 Å². The molecule has 2 aliphatic heterocycles. The fraction of sp³-hybridized carbons (Fsp3) is 0.214. The Morgan fingerprint density at radius 1 is 1.19 bits per heavy atom. The van der Waals surface area contributed by atoms with Crippen LogP contribution in [-0.4, -0.2) is 19.1 Å². The molecule has 21 heavy (non-hydrogen) atoms. The first kappa shape index (κ1) is 17.4. The predicted molar refractivity (Wildman–Crippen MR) is 73.0 cm³/mol. The van der Waals surface area contributed by atoms with E-state index in [-0.39, 0.29) is 33.4 Å². The maximum Gasteiger partial charge on any atom is 1.00 e. The van der Waals surface area contributed by atoms with E-state index in [2.05, 4.69) is 22.6 Å². The van der Waals surface area contributed by atoms with Gasteiger partial charge in [-0.1, -0.05) is 11.6 Å². The van der Waals surface area contributed by atoms with E-state index in [4.69, 9.17) is 0 Å². The maximum atomic E-state index is 11.4. The molecule has 0 spiro atoms. The van der Waals surface area contributed by atoms with Crippen LogP contribution in [0.1, 0.15) is 6.92 Å². The fourth-order valence-electron chi connectivity index (χ4n) is 1.69. The molecular weight excluding hydrogens is 457 g/mol. The van der Waals surface area contributed by atoms with E-state index in [9.17, 15) is 9.90 Å². The molecule has 2 heterocycles. The first-order chi connectivity index (χ1) is 9.52. The summed E-state index contributed by atoms with van der Waals surface area (Å²) in [6.45, 7) is 2.06. The second-order valence-electron chi connectivity index (χ2n) is 4.33. The Kier molecular flexibility index (Phi) is 6.11. The topological polar surface area (TPSA) is 75.8 Å². The van der Waals surface area contributed by atoms with Crippen LogP contribution in [0.4, 0.5) is 0 Å². The van der Waals surface area contributed by atoms with Gasteiger partial charge in [-0.25, -0.2) is 14.8 Å². The summed E-state index contributed by atoms with van der Waals surface area (Å²) in [4.78, 5) is 19.0. The van der Waals surface area contributed by atoms with Gasteiger partial charge in [0.25, 0.3) is 0 Å². The first-order valence-electron chi connectivity index (χ1n) is 5.98. The molecule has 7 heteroatoms. The van der Waals surface area contributed by atoms with Crippen molar-refractivity contribution in [2.24, 2.45) is 14.1 Å². The number of rotatable bonds is 0. The van der Waals surface area contributed by atoms with Crippen LogP contribution >= 0.6 is 0 Å². The minimum absolute atomic E-state index is 0. The van der Waals surface area contributed by atoms with Crippen molar-refractivity contribution in [1.82, 2.24) is 19.1 Å². The molecule has 0 unspecified atom stereocenters. The van der Waals surface area contributed by atoms with Gasteiger partial charge in [-0.3, -0.25) is 4.57 Å². The molecule has 0 aromatic carbocycles. The van der Waals surface area contributed by atoms with Gasteiger partial charge < -0.3 is 9.67 Å². The third kappa shape index (κ3) is 3.71. The van der Waals surface area contributed by atoms with E-state index in [1.807, 2.05) is 24.6 Å². The number of aromatic nitrogens is 4. The minimum Gasteiger partial charge on any atom is -0.858 e. The molecule has 0 aromatic rings. The molecule has 0 atom stereocenters. The number of hydrogen-bond acceptors (Lipinski definition) is 4. The van der Waals surface area contributed by atoms with Crippen LogP contribution in [0.25, 0.3) is 11.5 Å². The summed E-state index contributed by atoms with van der Waals surface area (Å²) in [5.74, 6) is -0.0799. The van der Waals surface area contributed by atoms with Gasteiger partial charge in [-0.2, -0.15) is 0 Å². The second kappa shape index (κ2) is 7.38. The molecule has 1 aliphatic carbocycles. The molecule has 0 bridgehead atoms. The summed E-state index contributed by atoms with van der Waals surface area (Å²) in [7, 11) is 2.97. The van der Waals surface area contributed by atoms with E-state index in [1.165, 1.54) is 23.5 Å². The van der Waals surface area contributed by atoms with Gasteiger partial charge >= 0.3 is 33.4 Å². The van der Waals surface area contributed by atoms with Crippen molar-refractivity contribution in [1.29, 1.82) is 0 Å². The van der Waals surface area contributed by atoms with Crippen LogP contribution in [0.15, 0.2) is 40.7 Å².